The van der Waals surface area contributed by atoms with Crippen LogP contribution in [0.5, 0.6) is 0 Å². The van der Waals surface area contributed by atoms with Gasteiger partial charge in [-0.2, -0.15) is 0 Å². The van der Waals surface area contributed by atoms with Crippen molar-refractivity contribution in [1.29, 1.82) is 0 Å². The predicted octanol–water partition coefficient (Wildman–Crippen LogP) is 0.611. The molecule has 0 bridgehead atoms. The van der Waals surface area contributed by atoms with Gasteiger partial charge in [0.05, 0.1) is 11.8 Å². The highest BCUT2D eigenvalue weighted by Crippen LogP contribution is 2.19. The second-order valence-electron chi connectivity index (χ2n) is 5.80. The fourth-order valence-corrected chi connectivity index (χ4v) is 2.47. The van der Waals surface area contributed by atoms with Crippen LogP contribution in [0.25, 0.3) is 0 Å². The van der Waals surface area contributed by atoms with Crippen LogP contribution >= 0.6 is 0 Å². The van der Waals surface area contributed by atoms with Crippen LogP contribution < -0.4 is 11.1 Å². The highest BCUT2D eigenvalue weighted by Gasteiger charge is 2.29. The first-order chi connectivity index (χ1) is 9.91. The molecule has 21 heavy (non-hydrogen) atoms. The fraction of sp³-hybridized carbons (Fsp3) is 0.733. The highest BCUT2D eigenvalue weighted by atomic mass is 16.2. The van der Waals surface area contributed by atoms with E-state index in [9.17, 15) is 14.4 Å². The maximum Gasteiger partial charge on any atom is 0.229 e. The summed E-state index contributed by atoms with van der Waals surface area (Å²) in [6.45, 7) is 5.37. The molecule has 0 aromatic rings. The van der Waals surface area contributed by atoms with Crippen molar-refractivity contribution < 1.29 is 14.4 Å². The van der Waals surface area contributed by atoms with Crippen LogP contribution in [0.1, 0.15) is 46.0 Å². The number of piperidine rings is 1. The average Bonchev–Trinajstić information content (AvgIpc) is 2.45. The van der Waals surface area contributed by atoms with Crippen molar-refractivity contribution in [3.8, 4) is 0 Å². The van der Waals surface area contributed by atoms with Crippen LogP contribution in [-0.2, 0) is 14.4 Å². The van der Waals surface area contributed by atoms with Crippen molar-refractivity contribution in [1.82, 2.24) is 10.2 Å². The third-order valence-corrected chi connectivity index (χ3v) is 3.66. The first kappa shape index (κ1) is 17.5. The maximum absolute atomic E-state index is 12.1. The van der Waals surface area contributed by atoms with Gasteiger partial charge >= 0.3 is 0 Å². The molecule has 0 aromatic heterocycles. The lowest BCUT2D eigenvalue weighted by Gasteiger charge is -2.33. The lowest BCUT2D eigenvalue weighted by Crippen LogP contribution is -2.46. The summed E-state index contributed by atoms with van der Waals surface area (Å²) in [5.41, 5.74) is 5.05. The third kappa shape index (κ3) is 6.14. The van der Waals surface area contributed by atoms with Gasteiger partial charge < -0.3 is 16.0 Å². The maximum atomic E-state index is 12.1. The van der Waals surface area contributed by atoms with Gasteiger partial charge in [-0.15, -0.1) is 0 Å². The molecular formula is C15H26N3O3. The van der Waals surface area contributed by atoms with Gasteiger partial charge in [0.15, 0.2) is 0 Å². The Morgan fingerprint density at radius 3 is 2.57 bits per heavy atom. The minimum Gasteiger partial charge on any atom is -0.370 e. The van der Waals surface area contributed by atoms with E-state index in [2.05, 4.69) is 5.32 Å². The Hall–Kier alpha value is -1.59. The molecule has 1 unspecified atom stereocenters. The topological polar surface area (TPSA) is 92.5 Å². The van der Waals surface area contributed by atoms with Gasteiger partial charge in [-0.3, -0.25) is 14.4 Å². The number of likely N-dealkylation sites (tertiary alicyclic amines) is 1. The number of rotatable bonds is 7. The molecule has 0 saturated carbocycles. The summed E-state index contributed by atoms with van der Waals surface area (Å²) >= 11 is 0. The number of nitrogens with zero attached hydrogens (tertiary/aromatic N) is 1. The normalized spacial score (nSPS) is 18.6. The summed E-state index contributed by atoms with van der Waals surface area (Å²) in [5, 5.41) is 2.88. The van der Waals surface area contributed by atoms with Gasteiger partial charge in [0.2, 0.25) is 17.7 Å². The van der Waals surface area contributed by atoms with Crippen molar-refractivity contribution in [3.63, 3.8) is 0 Å². The summed E-state index contributed by atoms with van der Waals surface area (Å²) in [6.07, 6.45) is 3.46. The zero-order chi connectivity index (χ0) is 15.8. The Kier molecular flexibility index (Phi) is 7.19. The summed E-state index contributed by atoms with van der Waals surface area (Å²) in [7, 11) is 0. The number of hydrogen-bond donors (Lipinski definition) is 2. The van der Waals surface area contributed by atoms with E-state index in [0.29, 0.717) is 25.9 Å². The number of primary amides is 1. The molecule has 119 valence electrons. The van der Waals surface area contributed by atoms with Crippen LogP contribution in [0.15, 0.2) is 0 Å². The molecule has 1 atom stereocenters. The lowest BCUT2D eigenvalue weighted by atomic mass is 9.96. The van der Waals surface area contributed by atoms with Gasteiger partial charge in [-0.25, -0.2) is 0 Å². The molecule has 0 aromatic carbocycles. The number of hydrogen-bond acceptors (Lipinski definition) is 3. The van der Waals surface area contributed by atoms with Crippen molar-refractivity contribution in [3.05, 3.63) is 5.92 Å². The van der Waals surface area contributed by atoms with Crippen molar-refractivity contribution in [2.24, 2.45) is 11.7 Å². The van der Waals surface area contributed by atoms with Crippen LogP contribution in [0.2, 0.25) is 0 Å². The largest absolute Gasteiger partial charge is 0.370 e. The van der Waals surface area contributed by atoms with E-state index in [1.807, 2.05) is 0 Å². The molecule has 1 radical (unpaired) electrons. The minimum absolute atomic E-state index is 0.000307. The SMILES string of the molecule is C[C](C)C(=O)N1CCCC(C(=O)NCCCCC(N)=O)C1. The quantitative estimate of drug-likeness (QED) is 0.674. The predicted molar refractivity (Wildman–Crippen MR) is 80.0 cm³/mol. The number of unbranched alkanes of at least 4 members (excludes halogenated alkanes) is 1. The van der Waals surface area contributed by atoms with E-state index in [1.165, 1.54) is 0 Å². The smallest absolute Gasteiger partial charge is 0.229 e. The van der Waals surface area contributed by atoms with E-state index in [0.717, 1.165) is 31.7 Å². The van der Waals surface area contributed by atoms with Crippen molar-refractivity contribution in [2.45, 2.75) is 46.0 Å². The number of nitrogens with two attached hydrogens (primary N) is 1. The molecule has 6 heteroatoms. The van der Waals surface area contributed by atoms with Crippen LogP contribution in [0.3, 0.4) is 0 Å². The Morgan fingerprint density at radius 2 is 1.95 bits per heavy atom. The molecule has 1 fully saturated rings. The summed E-state index contributed by atoms with van der Waals surface area (Å²) in [5.74, 6) is 0.351. The molecule has 1 aliphatic heterocycles. The monoisotopic (exact) mass is 296 g/mol. The first-order valence-electron chi connectivity index (χ1n) is 7.57. The standard InChI is InChI=1S/C15H26N3O3/c1-11(2)15(21)18-9-5-6-12(10-18)14(20)17-8-4-3-7-13(16)19/h12H,3-10H2,1-2H3,(H2,16,19)(H,17,20). The lowest BCUT2D eigenvalue weighted by molar-refractivity contribution is -0.134. The summed E-state index contributed by atoms with van der Waals surface area (Å²) in [4.78, 5) is 36.4. The Morgan fingerprint density at radius 1 is 1.24 bits per heavy atom. The average molecular weight is 296 g/mol. The second-order valence-corrected chi connectivity index (χ2v) is 5.80. The van der Waals surface area contributed by atoms with E-state index in [-0.39, 0.29) is 23.6 Å². The number of carbonyl (C=O) groups excluding carboxylic acids is 3. The molecule has 1 saturated heterocycles. The molecule has 1 rings (SSSR count). The molecule has 6 nitrogen and oxygen atoms in total. The first-order valence-corrected chi connectivity index (χ1v) is 7.57. The Bertz CT molecular complexity index is 382. The minimum atomic E-state index is -0.311. The van der Waals surface area contributed by atoms with Gasteiger partial charge in [0, 0.05) is 26.1 Å². The number of carbonyl (C=O) groups is 3. The summed E-state index contributed by atoms with van der Waals surface area (Å²) < 4.78 is 0. The van der Waals surface area contributed by atoms with Crippen molar-refractivity contribution in [2.75, 3.05) is 19.6 Å². The summed E-state index contributed by atoms with van der Waals surface area (Å²) in [6, 6.07) is 0. The van der Waals surface area contributed by atoms with Crippen molar-refractivity contribution >= 4 is 17.7 Å². The van der Waals surface area contributed by atoms with Crippen LogP contribution in [0.4, 0.5) is 0 Å². The molecule has 1 heterocycles. The molecule has 3 amide bonds. The fourth-order valence-electron chi connectivity index (χ4n) is 2.47. The molecular weight excluding hydrogens is 270 g/mol. The third-order valence-electron chi connectivity index (χ3n) is 3.66. The van der Waals surface area contributed by atoms with E-state index in [1.54, 1.807) is 18.7 Å². The van der Waals surface area contributed by atoms with Gasteiger partial charge in [-0.1, -0.05) is 0 Å². The van der Waals surface area contributed by atoms with Gasteiger partial charge in [0.25, 0.3) is 0 Å². The molecule has 1 aliphatic rings. The molecule has 0 spiro atoms. The number of amides is 3. The van der Waals surface area contributed by atoms with E-state index >= 15 is 0 Å². The number of nitrogens with one attached hydrogen (secondary N) is 1. The zero-order valence-electron chi connectivity index (χ0n) is 13.0. The van der Waals surface area contributed by atoms with Crippen LogP contribution in [-0.4, -0.2) is 42.3 Å². The molecule has 0 aliphatic carbocycles. The highest BCUT2D eigenvalue weighted by molar-refractivity contribution is 5.89. The zero-order valence-corrected chi connectivity index (χ0v) is 13.0. The van der Waals surface area contributed by atoms with E-state index < -0.39 is 0 Å². The van der Waals surface area contributed by atoms with Gasteiger partial charge in [0.1, 0.15) is 0 Å². The Balaban J connectivity index is 2.30. The van der Waals surface area contributed by atoms with Gasteiger partial charge in [-0.05, 0) is 39.5 Å². The van der Waals surface area contributed by atoms with E-state index in [4.69, 9.17) is 5.73 Å². The Labute approximate surface area is 126 Å². The molecule has 3 N–H and O–H groups in total. The second kappa shape index (κ2) is 8.64. The van der Waals surface area contributed by atoms with Crippen LogP contribution in [0, 0.1) is 11.8 Å².